The average molecular weight is 136 g/mol. The summed E-state index contributed by atoms with van der Waals surface area (Å²) < 4.78 is 0. The minimum absolute atomic E-state index is 0.666. The van der Waals surface area contributed by atoms with Crippen molar-refractivity contribution in [3.8, 4) is 0 Å². The maximum absolute atomic E-state index is 2.45. The van der Waals surface area contributed by atoms with Crippen molar-refractivity contribution in [1.82, 2.24) is 0 Å². The predicted molar refractivity (Wildman–Crippen MR) is 43.8 cm³/mol. The highest BCUT2D eigenvalue weighted by Crippen LogP contribution is 2.54. The Labute approximate surface area is 63.3 Å². The Morgan fingerprint density at radius 1 is 1.40 bits per heavy atom. The van der Waals surface area contributed by atoms with Crippen LogP contribution in [0.2, 0.25) is 0 Å². The van der Waals surface area contributed by atoms with E-state index in [9.17, 15) is 0 Å². The van der Waals surface area contributed by atoms with E-state index in [0.29, 0.717) is 5.41 Å². The Morgan fingerprint density at radius 3 is 2.30 bits per heavy atom. The topological polar surface area (TPSA) is 0 Å². The largest absolute Gasteiger partial charge is 0.0871 e. The van der Waals surface area contributed by atoms with Gasteiger partial charge in [-0.05, 0) is 36.5 Å². The first-order valence-corrected chi connectivity index (χ1v) is 4.42. The SMILES string of the molecule is CC1CCC2(C=CC2)C1C. The summed E-state index contributed by atoms with van der Waals surface area (Å²) in [4.78, 5) is 0. The van der Waals surface area contributed by atoms with Crippen LogP contribution in [-0.4, -0.2) is 0 Å². The van der Waals surface area contributed by atoms with Crippen LogP contribution in [0, 0.1) is 17.3 Å². The van der Waals surface area contributed by atoms with E-state index in [2.05, 4.69) is 26.0 Å². The number of hydrogen-bond acceptors (Lipinski definition) is 0. The zero-order chi connectivity index (χ0) is 7.19. The second-order valence-electron chi connectivity index (χ2n) is 4.14. The van der Waals surface area contributed by atoms with Gasteiger partial charge < -0.3 is 0 Å². The maximum Gasteiger partial charge on any atom is -0.00555 e. The van der Waals surface area contributed by atoms with E-state index in [1.165, 1.54) is 19.3 Å². The molecule has 0 radical (unpaired) electrons. The molecule has 0 aromatic carbocycles. The van der Waals surface area contributed by atoms with Crippen LogP contribution in [0.25, 0.3) is 0 Å². The van der Waals surface area contributed by atoms with Crippen molar-refractivity contribution in [1.29, 1.82) is 0 Å². The first kappa shape index (κ1) is 6.45. The van der Waals surface area contributed by atoms with Gasteiger partial charge in [0.05, 0.1) is 0 Å². The lowest BCUT2D eigenvalue weighted by atomic mass is 9.68. The second kappa shape index (κ2) is 1.87. The normalized spacial score (nSPS) is 51.8. The van der Waals surface area contributed by atoms with Gasteiger partial charge in [0.15, 0.2) is 0 Å². The van der Waals surface area contributed by atoms with Crippen LogP contribution in [0.5, 0.6) is 0 Å². The average Bonchev–Trinajstić information content (AvgIpc) is 2.10. The predicted octanol–water partition coefficient (Wildman–Crippen LogP) is 3.00. The van der Waals surface area contributed by atoms with Gasteiger partial charge in [0, 0.05) is 0 Å². The molecule has 1 fully saturated rings. The summed E-state index contributed by atoms with van der Waals surface area (Å²) in [6.45, 7) is 4.81. The third-order valence-corrected chi connectivity index (χ3v) is 3.77. The van der Waals surface area contributed by atoms with Crippen LogP contribution in [0.4, 0.5) is 0 Å². The zero-order valence-corrected chi connectivity index (χ0v) is 6.93. The van der Waals surface area contributed by atoms with Gasteiger partial charge in [-0.2, -0.15) is 0 Å². The highest BCUT2D eigenvalue weighted by atomic mass is 14.5. The van der Waals surface area contributed by atoms with Crippen molar-refractivity contribution < 1.29 is 0 Å². The first-order valence-electron chi connectivity index (χ1n) is 4.42. The molecule has 3 atom stereocenters. The molecule has 0 amide bonds. The fourth-order valence-corrected chi connectivity index (χ4v) is 2.48. The molecular formula is C10H16. The molecule has 1 saturated carbocycles. The number of allylic oxidation sites excluding steroid dienone is 2. The van der Waals surface area contributed by atoms with Gasteiger partial charge >= 0.3 is 0 Å². The molecule has 0 aliphatic heterocycles. The lowest BCUT2D eigenvalue weighted by molar-refractivity contribution is 0.239. The molecule has 56 valence electrons. The molecule has 2 aliphatic rings. The van der Waals surface area contributed by atoms with E-state index in [-0.39, 0.29) is 0 Å². The van der Waals surface area contributed by atoms with E-state index >= 15 is 0 Å². The number of hydrogen-bond donors (Lipinski definition) is 0. The summed E-state index contributed by atoms with van der Waals surface area (Å²) in [6, 6.07) is 0. The molecule has 3 unspecified atom stereocenters. The molecule has 0 heterocycles. The second-order valence-corrected chi connectivity index (χ2v) is 4.14. The van der Waals surface area contributed by atoms with E-state index in [0.717, 1.165) is 11.8 Å². The molecule has 0 N–H and O–H groups in total. The Balaban J connectivity index is 2.19. The molecule has 0 saturated heterocycles. The quantitative estimate of drug-likeness (QED) is 0.449. The van der Waals surface area contributed by atoms with Crippen LogP contribution >= 0.6 is 0 Å². The van der Waals surface area contributed by atoms with Crippen molar-refractivity contribution in [2.75, 3.05) is 0 Å². The van der Waals surface area contributed by atoms with Crippen LogP contribution < -0.4 is 0 Å². The highest BCUT2D eigenvalue weighted by Gasteiger charge is 2.44. The minimum atomic E-state index is 0.666. The highest BCUT2D eigenvalue weighted by molar-refractivity contribution is 5.17. The van der Waals surface area contributed by atoms with E-state index in [1.807, 2.05) is 0 Å². The molecule has 10 heavy (non-hydrogen) atoms. The molecule has 0 aromatic rings. The summed E-state index contributed by atoms with van der Waals surface area (Å²) in [7, 11) is 0. The maximum atomic E-state index is 2.45. The van der Waals surface area contributed by atoms with Crippen LogP contribution in [0.1, 0.15) is 33.1 Å². The minimum Gasteiger partial charge on any atom is -0.0871 e. The molecule has 2 aliphatic carbocycles. The van der Waals surface area contributed by atoms with Crippen molar-refractivity contribution >= 4 is 0 Å². The molecule has 2 rings (SSSR count). The fraction of sp³-hybridized carbons (Fsp3) is 0.800. The van der Waals surface area contributed by atoms with Gasteiger partial charge in [-0.25, -0.2) is 0 Å². The van der Waals surface area contributed by atoms with Crippen molar-refractivity contribution in [2.45, 2.75) is 33.1 Å². The van der Waals surface area contributed by atoms with Gasteiger partial charge in [0.1, 0.15) is 0 Å². The van der Waals surface area contributed by atoms with Crippen LogP contribution in [-0.2, 0) is 0 Å². The van der Waals surface area contributed by atoms with Crippen LogP contribution in [0.15, 0.2) is 12.2 Å². The Kier molecular flexibility index (Phi) is 1.21. The molecule has 0 bridgehead atoms. The lowest BCUT2D eigenvalue weighted by Crippen LogP contribution is -2.27. The van der Waals surface area contributed by atoms with Crippen molar-refractivity contribution in [3.05, 3.63) is 12.2 Å². The Morgan fingerprint density at radius 2 is 2.10 bits per heavy atom. The van der Waals surface area contributed by atoms with Gasteiger partial charge in [-0.1, -0.05) is 26.0 Å². The Hall–Kier alpha value is -0.260. The van der Waals surface area contributed by atoms with E-state index < -0.39 is 0 Å². The molecular weight excluding hydrogens is 120 g/mol. The summed E-state index contributed by atoms with van der Waals surface area (Å²) in [5.41, 5.74) is 0.666. The molecule has 0 nitrogen and oxygen atoms in total. The molecule has 1 spiro atoms. The van der Waals surface area contributed by atoms with Gasteiger partial charge in [-0.15, -0.1) is 0 Å². The molecule has 0 heteroatoms. The Bertz CT molecular complexity index is 169. The fourth-order valence-electron chi connectivity index (χ4n) is 2.48. The van der Waals surface area contributed by atoms with Gasteiger partial charge in [0.2, 0.25) is 0 Å². The summed E-state index contributed by atoms with van der Waals surface area (Å²) >= 11 is 0. The monoisotopic (exact) mass is 136 g/mol. The molecule has 0 aromatic heterocycles. The first-order chi connectivity index (χ1) is 4.75. The van der Waals surface area contributed by atoms with Gasteiger partial charge in [0.25, 0.3) is 0 Å². The van der Waals surface area contributed by atoms with E-state index in [1.54, 1.807) is 0 Å². The van der Waals surface area contributed by atoms with Crippen molar-refractivity contribution in [2.24, 2.45) is 17.3 Å². The van der Waals surface area contributed by atoms with Crippen molar-refractivity contribution in [3.63, 3.8) is 0 Å². The number of rotatable bonds is 0. The summed E-state index contributed by atoms with van der Waals surface area (Å²) in [6.07, 6.45) is 9.03. The zero-order valence-electron chi connectivity index (χ0n) is 6.93. The van der Waals surface area contributed by atoms with Gasteiger partial charge in [-0.3, -0.25) is 0 Å². The lowest BCUT2D eigenvalue weighted by Gasteiger charge is -2.36. The third kappa shape index (κ3) is 0.624. The standard InChI is InChI=1S/C10H16/c1-8-4-7-10(9(8)2)5-3-6-10/h3,5,8-9H,4,6-7H2,1-2H3. The smallest absolute Gasteiger partial charge is 0.00555 e. The summed E-state index contributed by atoms with van der Waals surface area (Å²) in [5, 5.41) is 0. The van der Waals surface area contributed by atoms with Crippen LogP contribution in [0.3, 0.4) is 0 Å². The third-order valence-electron chi connectivity index (χ3n) is 3.77. The van der Waals surface area contributed by atoms with E-state index in [4.69, 9.17) is 0 Å². The summed E-state index contributed by atoms with van der Waals surface area (Å²) in [5.74, 6) is 1.91.